The number of aromatic amines is 1. The molecule has 1 heterocycles. The third-order valence-electron chi connectivity index (χ3n) is 2.57. The molecular weight excluding hydrogens is 200 g/mol. The van der Waals surface area contributed by atoms with Gasteiger partial charge in [-0.05, 0) is 24.6 Å². The number of benzene rings is 1. The normalized spacial score (nSPS) is 11.1. The van der Waals surface area contributed by atoms with Gasteiger partial charge >= 0.3 is 0 Å². The van der Waals surface area contributed by atoms with Gasteiger partial charge in [-0.3, -0.25) is 0 Å². The monoisotopic (exact) mass is 217 g/mol. The van der Waals surface area contributed by atoms with Crippen LogP contribution in [0, 0.1) is 6.07 Å². The number of methoxy groups -OCH3 is 1. The highest BCUT2D eigenvalue weighted by Crippen LogP contribution is 2.13. The minimum atomic E-state index is 0.817. The molecule has 2 rings (SSSR count). The van der Waals surface area contributed by atoms with Crippen molar-refractivity contribution in [3.63, 3.8) is 0 Å². The van der Waals surface area contributed by atoms with Crippen LogP contribution in [0.5, 0.6) is 0 Å². The van der Waals surface area contributed by atoms with Gasteiger partial charge in [0.1, 0.15) is 0 Å². The zero-order valence-electron chi connectivity index (χ0n) is 9.55. The van der Waals surface area contributed by atoms with Crippen molar-refractivity contribution in [1.29, 1.82) is 0 Å². The molecule has 85 valence electrons. The van der Waals surface area contributed by atoms with Crippen molar-refractivity contribution < 1.29 is 4.74 Å². The Morgan fingerprint density at radius 3 is 3.25 bits per heavy atom. The van der Waals surface area contributed by atoms with E-state index in [1.54, 1.807) is 7.11 Å². The average molecular weight is 217 g/mol. The molecule has 0 aliphatic carbocycles. The molecule has 0 unspecified atom stereocenters. The lowest BCUT2D eigenvalue weighted by atomic mass is 10.1. The second kappa shape index (κ2) is 5.68. The highest BCUT2D eigenvalue weighted by atomic mass is 16.5. The van der Waals surface area contributed by atoms with E-state index in [4.69, 9.17) is 4.74 Å². The van der Waals surface area contributed by atoms with Gasteiger partial charge in [0.25, 0.3) is 0 Å². The molecule has 0 bridgehead atoms. The number of hydrogen-bond acceptors (Lipinski definition) is 2. The first-order valence-electron chi connectivity index (χ1n) is 5.57. The number of hydrogen-bond donors (Lipinski definition) is 2. The standard InChI is InChI=1S/C13H17N2O/c1-16-8-2-6-14-10-11-3-4-12-5-7-15-13(12)9-11/h3-4,7,9,14-15H,2,6,8,10H2,1H3. The van der Waals surface area contributed by atoms with E-state index in [-0.39, 0.29) is 0 Å². The van der Waals surface area contributed by atoms with E-state index >= 15 is 0 Å². The van der Waals surface area contributed by atoms with Crippen LogP contribution < -0.4 is 5.32 Å². The summed E-state index contributed by atoms with van der Waals surface area (Å²) in [6, 6.07) is 9.53. The Labute approximate surface area is 95.8 Å². The third kappa shape index (κ3) is 2.84. The van der Waals surface area contributed by atoms with E-state index in [0.29, 0.717) is 0 Å². The molecule has 0 spiro atoms. The number of H-pyrrole nitrogens is 1. The van der Waals surface area contributed by atoms with Gasteiger partial charge in [0, 0.05) is 43.4 Å². The highest BCUT2D eigenvalue weighted by Gasteiger charge is 1.97. The Kier molecular flexibility index (Phi) is 3.97. The van der Waals surface area contributed by atoms with Crippen molar-refractivity contribution in [2.75, 3.05) is 20.3 Å². The van der Waals surface area contributed by atoms with Crippen LogP contribution in [-0.2, 0) is 11.3 Å². The quantitative estimate of drug-likeness (QED) is 0.727. The number of rotatable bonds is 6. The van der Waals surface area contributed by atoms with Gasteiger partial charge in [0.2, 0.25) is 0 Å². The fourth-order valence-corrected chi connectivity index (χ4v) is 1.71. The molecule has 3 nitrogen and oxygen atoms in total. The average Bonchev–Trinajstić information content (AvgIpc) is 2.76. The Bertz CT molecular complexity index is 436. The van der Waals surface area contributed by atoms with E-state index in [2.05, 4.69) is 34.6 Å². The minimum absolute atomic E-state index is 0.817. The third-order valence-corrected chi connectivity index (χ3v) is 2.57. The van der Waals surface area contributed by atoms with E-state index < -0.39 is 0 Å². The summed E-state index contributed by atoms with van der Waals surface area (Å²) in [5.41, 5.74) is 2.44. The molecule has 1 radical (unpaired) electrons. The number of aromatic nitrogens is 1. The van der Waals surface area contributed by atoms with Gasteiger partial charge in [-0.15, -0.1) is 0 Å². The Balaban J connectivity index is 1.84. The minimum Gasteiger partial charge on any atom is -0.385 e. The van der Waals surface area contributed by atoms with Crippen molar-refractivity contribution in [3.05, 3.63) is 36.0 Å². The second-order valence-electron chi connectivity index (χ2n) is 3.84. The lowest BCUT2D eigenvalue weighted by molar-refractivity contribution is 0.194. The van der Waals surface area contributed by atoms with Crippen molar-refractivity contribution in [1.82, 2.24) is 10.3 Å². The van der Waals surface area contributed by atoms with E-state index in [1.807, 2.05) is 6.20 Å². The van der Waals surface area contributed by atoms with Crippen molar-refractivity contribution in [2.24, 2.45) is 0 Å². The van der Waals surface area contributed by atoms with E-state index in [9.17, 15) is 0 Å². The first kappa shape index (κ1) is 11.2. The molecular formula is C13H17N2O. The maximum Gasteiger partial charge on any atom is 0.0474 e. The van der Waals surface area contributed by atoms with Gasteiger partial charge in [0.15, 0.2) is 0 Å². The van der Waals surface area contributed by atoms with Gasteiger partial charge in [0.05, 0.1) is 0 Å². The van der Waals surface area contributed by atoms with Crippen LogP contribution in [0.2, 0.25) is 0 Å². The molecule has 0 fully saturated rings. The Hall–Kier alpha value is -1.32. The zero-order chi connectivity index (χ0) is 11.2. The second-order valence-corrected chi connectivity index (χ2v) is 3.84. The summed E-state index contributed by atoms with van der Waals surface area (Å²) in [6.45, 7) is 2.71. The SMILES string of the molecule is COCCCNCc1ccc2[c]c[nH]c2c1. The van der Waals surface area contributed by atoms with Crippen molar-refractivity contribution in [3.8, 4) is 0 Å². The van der Waals surface area contributed by atoms with Crippen LogP contribution in [0.3, 0.4) is 0 Å². The predicted octanol–water partition coefficient (Wildman–Crippen LogP) is 2.09. The van der Waals surface area contributed by atoms with Crippen LogP contribution in [0.15, 0.2) is 24.4 Å². The lowest BCUT2D eigenvalue weighted by Gasteiger charge is -2.04. The van der Waals surface area contributed by atoms with Crippen LogP contribution in [0.25, 0.3) is 10.9 Å². The van der Waals surface area contributed by atoms with Gasteiger partial charge < -0.3 is 15.0 Å². The predicted molar refractivity (Wildman–Crippen MR) is 65.3 cm³/mol. The molecule has 16 heavy (non-hydrogen) atoms. The van der Waals surface area contributed by atoms with Gasteiger partial charge in [-0.2, -0.15) is 0 Å². The first-order chi connectivity index (χ1) is 7.90. The fraction of sp³-hybridized carbons (Fsp3) is 0.385. The Morgan fingerprint density at radius 1 is 1.44 bits per heavy atom. The molecule has 3 heteroatoms. The zero-order valence-corrected chi connectivity index (χ0v) is 9.55. The Morgan fingerprint density at radius 2 is 2.38 bits per heavy atom. The summed E-state index contributed by atoms with van der Waals surface area (Å²) in [4.78, 5) is 3.17. The summed E-state index contributed by atoms with van der Waals surface area (Å²) in [7, 11) is 1.73. The maximum absolute atomic E-state index is 4.99. The number of ether oxygens (including phenoxy) is 1. The molecule has 1 aromatic heterocycles. The lowest BCUT2D eigenvalue weighted by Crippen LogP contribution is -2.15. The summed E-state index contributed by atoms with van der Waals surface area (Å²) in [5, 5.41) is 4.53. The van der Waals surface area contributed by atoms with Crippen LogP contribution in [0.4, 0.5) is 0 Å². The van der Waals surface area contributed by atoms with E-state index in [1.165, 1.54) is 5.56 Å². The maximum atomic E-state index is 4.99. The molecule has 0 aliphatic heterocycles. The summed E-state index contributed by atoms with van der Waals surface area (Å²) < 4.78 is 4.99. The molecule has 0 saturated heterocycles. The molecule has 0 aliphatic rings. The van der Waals surface area contributed by atoms with Crippen LogP contribution in [-0.4, -0.2) is 25.2 Å². The number of nitrogens with one attached hydrogen (secondary N) is 2. The fourth-order valence-electron chi connectivity index (χ4n) is 1.71. The summed E-state index contributed by atoms with van der Waals surface area (Å²) >= 11 is 0. The van der Waals surface area contributed by atoms with Gasteiger partial charge in [-0.25, -0.2) is 0 Å². The molecule has 2 aromatic rings. The van der Waals surface area contributed by atoms with Crippen molar-refractivity contribution in [2.45, 2.75) is 13.0 Å². The molecule has 0 atom stereocenters. The topological polar surface area (TPSA) is 37.0 Å². The van der Waals surface area contributed by atoms with Crippen molar-refractivity contribution >= 4 is 10.9 Å². The van der Waals surface area contributed by atoms with E-state index in [0.717, 1.165) is 37.0 Å². The smallest absolute Gasteiger partial charge is 0.0474 e. The summed E-state index contributed by atoms with van der Waals surface area (Å²) in [6.07, 6.45) is 2.90. The molecule has 0 saturated carbocycles. The molecule has 0 amide bonds. The largest absolute Gasteiger partial charge is 0.385 e. The first-order valence-corrected chi connectivity index (χ1v) is 5.57. The number of fused-ring (bicyclic) bond motifs is 1. The van der Waals surface area contributed by atoms with Gasteiger partial charge in [-0.1, -0.05) is 12.1 Å². The molecule has 2 N–H and O–H groups in total. The summed E-state index contributed by atoms with van der Waals surface area (Å²) in [5.74, 6) is 0. The highest BCUT2D eigenvalue weighted by molar-refractivity contribution is 5.79. The van der Waals surface area contributed by atoms with Crippen LogP contribution >= 0.6 is 0 Å². The molecule has 1 aromatic carbocycles. The van der Waals surface area contributed by atoms with Crippen LogP contribution in [0.1, 0.15) is 12.0 Å².